The Balaban J connectivity index is 1.61. The van der Waals surface area contributed by atoms with Crippen molar-refractivity contribution in [1.82, 2.24) is 4.90 Å². The third kappa shape index (κ3) is 4.82. The van der Waals surface area contributed by atoms with Crippen LogP contribution >= 0.6 is 0 Å². The Bertz CT molecular complexity index is 768. The number of fused-ring (bicyclic) bond motifs is 1. The first kappa shape index (κ1) is 19.3. The van der Waals surface area contributed by atoms with Gasteiger partial charge in [-0.3, -0.25) is 4.79 Å². The quantitative estimate of drug-likeness (QED) is 0.720. The summed E-state index contributed by atoms with van der Waals surface area (Å²) < 4.78 is 11.4. The molecule has 2 aromatic carbocycles. The molecule has 2 aromatic rings. The van der Waals surface area contributed by atoms with Gasteiger partial charge >= 0.3 is 0 Å². The van der Waals surface area contributed by atoms with Crippen molar-refractivity contribution in [1.29, 1.82) is 0 Å². The van der Waals surface area contributed by atoms with Gasteiger partial charge in [-0.15, -0.1) is 0 Å². The molecule has 0 unspecified atom stereocenters. The first-order valence-electron chi connectivity index (χ1n) is 9.82. The van der Waals surface area contributed by atoms with Gasteiger partial charge in [0, 0.05) is 25.1 Å². The maximum absolute atomic E-state index is 12.7. The standard InChI is InChI=1S/C23H29NO3/c1-4-24(16-20-6-5-7-21-23(20)27-15-14-26-21)22(25)13-10-18-8-11-19(12-9-18)17(2)3/h5-9,11-12,17H,4,10,13-16H2,1-3H3. The number of hydrogen-bond acceptors (Lipinski definition) is 3. The summed E-state index contributed by atoms with van der Waals surface area (Å²) in [7, 11) is 0. The van der Waals surface area contributed by atoms with Gasteiger partial charge < -0.3 is 14.4 Å². The van der Waals surface area contributed by atoms with Gasteiger partial charge in [0.15, 0.2) is 11.5 Å². The molecule has 0 radical (unpaired) electrons. The molecule has 0 aromatic heterocycles. The van der Waals surface area contributed by atoms with E-state index in [-0.39, 0.29) is 5.91 Å². The zero-order chi connectivity index (χ0) is 19.2. The molecule has 0 saturated heterocycles. The number of rotatable bonds is 7. The Kier molecular flexibility index (Phi) is 6.38. The number of benzene rings is 2. The molecule has 1 heterocycles. The van der Waals surface area contributed by atoms with Crippen molar-refractivity contribution in [2.24, 2.45) is 0 Å². The normalized spacial score (nSPS) is 12.9. The van der Waals surface area contributed by atoms with E-state index in [1.54, 1.807) is 0 Å². The molecule has 1 aliphatic rings. The highest BCUT2D eigenvalue weighted by Crippen LogP contribution is 2.34. The maximum Gasteiger partial charge on any atom is 0.223 e. The summed E-state index contributed by atoms with van der Waals surface area (Å²) in [6, 6.07) is 14.5. The van der Waals surface area contributed by atoms with E-state index < -0.39 is 0 Å². The van der Waals surface area contributed by atoms with Crippen molar-refractivity contribution < 1.29 is 14.3 Å². The van der Waals surface area contributed by atoms with Gasteiger partial charge in [0.25, 0.3) is 0 Å². The van der Waals surface area contributed by atoms with Crippen molar-refractivity contribution in [2.75, 3.05) is 19.8 Å². The average molecular weight is 367 g/mol. The van der Waals surface area contributed by atoms with Crippen LogP contribution in [0.3, 0.4) is 0 Å². The van der Waals surface area contributed by atoms with Crippen LogP contribution in [0.15, 0.2) is 42.5 Å². The van der Waals surface area contributed by atoms with Gasteiger partial charge in [0.05, 0.1) is 0 Å². The lowest BCUT2D eigenvalue weighted by atomic mass is 10.00. The number of amides is 1. The number of para-hydroxylation sites is 1. The summed E-state index contributed by atoms with van der Waals surface area (Å²) in [5.41, 5.74) is 3.54. The molecule has 3 rings (SSSR count). The molecule has 4 nitrogen and oxygen atoms in total. The molecule has 0 atom stereocenters. The van der Waals surface area contributed by atoms with Crippen LogP contribution in [0.2, 0.25) is 0 Å². The van der Waals surface area contributed by atoms with E-state index in [0.717, 1.165) is 23.5 Å². The molecule has 27 heavy (non-hydrogen) atoms. The monoisotopic (exact) mass is 367 g/mol. The Morgan fingerprint density at radius 2 is 1.81 bits per heavy atom. The third-order valence-corrected chi connectivity index (χ3v) is 5.02. The Hall–Kier alpha value is -2.49. The topological polar surface area (TPSA) is 38.8 Å². The number of aryl methyl sites for hydroxylation is 1. The fourth-order valence-corrected chi connectivity index (χ4v) is 3.32. The summed E-state index contributed by atoms with van der Waals surface area (Å²) in [5, 5.41) is 0. The lowest BCUT2D eigenvalue weighted by Crippen LogP contribution is -2.31. The van der Waals surface area contributed by atoms with Gasteiger partial charge in [-0.2, -0.15) is 0 Å². The molecule has 0 saturated carbocycles. The minimum atomic E-state index is 0.166. The van der Waals surface area contributed by atoms with Crippen molar-refractivity contribution in [2.45, 2.75) is 46.1 Å². The van der Waals surface area contributed by atoms with E-state index in [1.807, 2.05) is 30.0 Å². The van der Waals surface area contributed by atoms with Crippen LogP contribution in [0.4, 0.5) is 0 Å². The van der Waals surface area contributed by atoms with Crippen LogP contribution in [0, 0.1) is 0 Å². The molecule has 0 fully saturated rings. The van der Waals surface area contributed by atoms with Crippen LogP contribution in [-0.2, 0) is 17.8 Å². The third-order valence-electron chi connectivity index (χ3n) is 5.02. The highest BCUT2D eigenvalue weighted by molar-refractivity contribution is 5.76. The molecule has 1 amide bonds. The zero-order valence-corrected chi connectivity index (χ0v) is 16.5. The predicted octanol–water partition coefficient (Wildman–Crippen LogP) is 4.56. The molecule has 144 valence electrons. The molecular formula is C23H29NO3. The van der Waals surface area contributed by atoms with Crippen LogP contribution in [0.25, 0.3) is 0 Å². The first-order chi connectivity index (χ1) is 13.1. The van der Waals surface area contributed by atoms with Crippen LogP contribution in [0.1, 0.15) is 49.8 Å². The van der Waals surface area contributed by atoms with E-state index in [9.17, 15) is 4.79 Å². The number of ether oxygens (including phenoxy) is 2. The lowest BCUT2D eigenvalue weighted by Gasteiger charge is -2.25. The van der Waals surface area contributed by atoms with Crippen molar-refractivity contribution in [3.63, 3.8) is 0 Å². The molecule has 0 spiro atoms. The summed E-state index contributed by atoms with van der Waals surface area (Å²) in [6.45, 7) is 8.74. The molecular weight excluding hydrogens is 338 g/mol. The molecule has 4 heteroatoms. The van der Waals surface area contributed by atoms with E-state index in [2.05, 4.69) is 38.1 Å². The maximum atomic E-state index is 12.7. The average Bonchev–Trinajstić information content (AvgIpc) is 2.70. The van der Waals surface area contributed by atoms with Gasteiger partial charge in [-0.1, -0.05) is 50.2 Å². The highest BCUT2D eigenvalue weighted by atomic mass is 16.6. The first-order valence-corrected chi connectivity index (χ1v) is 9.82. The Morgan fingerprint density at radius 1 is 1.07 bits per heavy atom. The second kappa shape index (κ2) is 8.94. The molecule has 1 aliphatic heterocycles. The van der Waals surface area contributed by atoms with Crippen LogP contribution in [-0.4, -0.2) is 30.6 Å². The predicted molar refractivity (Wildman–Crippen MR) is 107 cm³/mol. The number of carbonyl (C=O) groups is 1. The van der Waals surface area contributed by atoms with E-state index in [1.165, 1.54) is 11.1 Å². The minimum Gasteiger partial charge on any atom is -0.486 e. The minimum absolute atomic E-state index is 0.166. The second-order valence-electron chi connectivity index (χ2n) is 7.25. The Labute approximate surface area is 162 Å². The number of carbonyl (C=O) groups excluding carboxylic acids is 1. The fourth-order valence-electron chi connectivity index (χ4n) is 3.32. The SMILES string of the molecule is CCN(Cc1cccc2c1OCCO2)C(=O)CCc1ccc(C(C)C)cc1. The summed E-state index contributed by atoms with van der Waals surface area (Å²) in [4.78, 5) is 14.6. The fraction of sp³-hybridized carbons (Fsp3) is 0.435. The zero-order valence-electron chi connectivity index (χ0n) is 16.5. The van der Waals surface area contributed by atoms with Crippen molar-refractivity contribution in [3.05, 3.63) is 59.2 Å². The Morgan fingerprint density at radius 3 is 2.52 bits per heavy atom. The smallest absolute Gasteiger partial charge is 0.223 e. The van der Waals surface area contributed by atoms with Gasteiger partial charge in [-0.05, 0) is 36.5 Å². The lowest BCUT2D eigenvalue weighted by molar-refractivity contribution is -0.131. The van der Waals surface area contributed by atoms with E-state index >= 15 is 0 Å². The molecule has 0 aliphatic carbocycles. The largest absolute Gasteiger partial charge is 0.486 e. The van der Waals surface area contributed by atoms with Crippen molar-refractivity contribution >= 4 is 5.91 Å². The second-order valence-corrected chi connectivity index (χ2v) is 7.25. The van der Waals surface area contributed by atoms with Crippen molar-refractivity contribution in [3.8, 4) is 11.5 Å². The van der Waals surface area contributed by atoms with Gasteiger partial charge in [0.2, 0.25) is 5.91 Å². The highest BCUT2D eigenvalue weighted by Gasteiger charge is 2.19. The van der Waals surface area contributed by atoms with Gasteiger partial charge in [0.1, 0.15) is 13.2 Å². The number of nitrogens with zero attached hydrogens (tertiary/aromatic N) is 1. The summed E-state index contributed by atoms with van der Waals surface area (Å²) in [5.74, 6) is 2.24. The molecule has 0 bridgehead atoms. The summed E-state index contributed by atoms with van der Waals surface area (Å²) >= 11 is 0. The van der Waals surface area contributed by atoms with Crippen LogP contribution < -0.4 is 9.47 Å². The molecule has 0 N–H and O–H groups in total. The number of hydrogen-bond donors (Lipinski definition) is 0. The van der Waals surface area contributed by atoms with E-state index in [0.29, 0.717) is 38.6 Å². The van der Waals surface area contributed by atoms with Gasteiger partial charge in [-0.25, -0.2) is 0 Å². The van der Waals surface area contributed by atoms with Crippen LogP contribution in [0.5, 0.6) is 11.5 Å². The summed E-state index contributed by atoms with van der Waals surface area (Å²) in [6.07, 6.45) is 1.28. The van der Waals surface area contributed by atoms with E-state index in [4.69, 9.17) is 9.47 Å².